The zero-order chi connectivity index (χ0) is 14.3. The van der Waals surface area contributed by atoms with Gasteiger partial charge in [0.05, 0.1) is 5.69 Å². The second-order valence-corrected chi connectivity index (χ2v) is 5.86. The van der Waals surface area contributed by atoms with E-state index >= 15 is 0 Å². The Labute approximate surface area is 125 Å². The fourth-order valence-electron chi connectivity index (χ4n) is 2.84. The molecule has 1 unspecified atom stereocenters. The predicted molar refractivity (Wildman–Crippen MR) is 79.7 cm³/mol. The third kappa shape index (κ3) is 2.06. The van der Waals surface area contributed by atoms with Crippen LogP contribution in [-0.2, 0) is 11.2 Å². The van der Waals surface area contributed by atoms with Crippen LogP contribution in [0, 0.1) is 6.92 Å². The standard InChI is InChI=1S/C15H15BrN2O2/c1-9-5-2-3-6-10(9)14-17-13(16)11-7-4-8-12(15(19)20)18(11)14/h2-3,5-6,12H,4,7-8H2,1H3,(H,19,20). The van der Waals surface area contributed by atoms with Gasteiger partial charge in [-0.2, -0.15) is 0 Å². The van der Waals surface area contributed by atoms with Gasteiger partial charge in [-0.05, 0) is 47.7 Å². The van der Waals surface area contributed by atoms with Crippen LogP contribution in [0.5, 0.6) is 0 Å². The first-order chi connectivity index (χ1) is 9.59. The van der Waals surface area contributed by atoms with Crippen LogP contribution in [-0.4, -0.2) is 20.6 Å². The molecule has 3 rings (SSSR count). The van der Waals surface area contributed by atoms with Crippen LogP contribution in [0.1, 0.15) is 30.1 Å². The van der Waals surface area contributed by atoms with Crippen molar-refractivity contribution in [1.29, 1.82) is 0 Å². The summed E-state index contributed by atoms with van der Waals surface area (Å²) < 4.78 is 2.65. The molecule has 1 aromatic carbocycles. The summed E-state index contributed by atoms with van der Waals surface area (Å²) in [5.74, 6) is -0.0391. The summed E-state index contributed by atoms with van der Waals surface area (Å²) >= 11 is 3.48. The molecule has 0 saturated heterocycles. The van der Waals surface area contributed by atoms with Crippen molar-refractivity contribution in [3.63, 3.8) is 0 Å². The number of benzene rings is 1. The lowest BCUT2D eigenvalue weighted by Gasteiger charge is -2.24. The lowest BCUT2D eigenvalue weighted by atomic mass is 10.0. The predicted octanol–water partition coefficient (Wildman–Crippen LogP) is 3.58. The van der Waals surface area contributed by atoms with Gasteiger partial charge in [-0.1, -0.05) is 24.3 Å². The third-order valence-corrected chi connectivity index (χ3v) is 4.47. The number of rotatable bonds is 2. The highest BCUT2D eigenvalue weighted by Gasteiger charge is 2.31. The molecule has 1 atom stereocenters. The molecular weight excluding hydrogens is 320 g/mol. The Morgan fingerprint density at radius 1 is 1.45 bits per heavy atom. The molecular formula is C15H15BrN2O2. The van der Waals surface area contributed by atoms with Crippen molar-refractivity contribution in [2.75, 3.05) is 0 Å². The Bertz CT molecular complexity index is 679. The first-order valence-corrected chi connectivity index (χ1v) is 7.44. The molecule has 20 heavy (non-hydrogen) atoms. The van der Waals surface area contributed by atoms with Crippen LogP contribution in [0.2, 0.25) is 0 Å². The van der Waals surface area contributed by atoms with Crippen LogP contribution in [0.15, 0.2) is 28.9 Å². The molecule has 0 radical (unpaired) electrons. The molecule has 1 aliphatic rings. The highest BCUT2D eigenvalue weighted by atomic mass is 79.9. The van der Waals surface area contributed by atoms with Crippen molar-refractivity contribution in [3.05, 3.63) is 40.1 Å². The van der Waals surface area contributed by atoms with Crippen molar-refractivity contribution >= 4 is 21.9 Å². The maximum Gasteiger partial charge on any atom is 0.326 e. The number of nitrogens with zero attached hydrogens (tertiary/aromatic N) is 2. The summed E-state index contributed by atoms with van der Waals surface area (Å²) in [4.78, 5) is 16.1. The average molecular weight is 335 g/mol. The molecule has 1 aliphatic heterocycles. The van der Waals surface area contributed by atoms with Crippen molar-refractivity contribution in [3.8, 4) is 11.4 Å². The Balaban J connectivity index is 2.23. The van der Waals surface area contributed by atoms with Gasteiger partial charge < -0.3 is 9.67 Å². The molecule has 1 N–H and O–H groups in total. The second-order valence-electron chi connectivity index (χ2n) is 5.10. The van der Waals surface area contributed by atoms with E-state index in [1.807, 2.05) is 35.8 Å². The van der Waals surface area contributed by atoms with Crippen molar-refractivity contribution in [2.45, 2.75) is 32.2 Å². The van der Waals surface area contributed by atoms with E-state index in [1.54, 1.807) is 0 Å². The number of hydrogen-bond acceptors (Lipinski definition) is 2. The summed E-state index contributed by atoms with van der Waals surface area (Å²) in [6.07, 6.45) is 2.40. The van der Waals surface area contributed by atoms with Gasteiger partial charge in [0.15, 0.2) is 0 Å². The molecule has 0 spiro atoms. The molecule has 0 amide bonds. The highest BCUT2D eigenvalue weighted by molar-refractivity contribution is 9.10. The van der Waals surface area contributed by atoms with Crippen molar-refractivity contribution < 1.29 is 9.90 Å². The van der Waals surface area contributed by atoms with Gasteiger partial charge in [-0.25, -0.2) is 9.78 Å². The molecule has 4 nitrogen and oxygen atoms in total. The van der Waals surface area contributed by atoms with Crippen LogP contribution in [0.4, 0.5) is 0 Å². The van der Waals surface area contributed by atoms with Crippen LogP contribution >= 0.6 is 15.9 Å². The van der Waals surface area contributed by atoms with Gasteiger partial charge in [-0.3, -0.25) is 0 Å². The highest BCUT2D eigenvalue weighted by Crippen LogP contribution is 2.36. The zero-order valence-electron chi connectivity index (χ0n) is 11.1. The molecule has 2 aromatic rings. The maximum atomic E-state index is 11.5. The third-order valence-electron chi connectivity index (χ3n) is 3.84. The number of carbonyl (C=O) groups is 1. The SMILES string of the molecule is Cc1ccccc1-c1nc(Br)c2n1C(C(=O)O)CCC2. The van der Waals surface area contributed by atoms with Crippen LogP contribution in [0.25, 0.3) is 11.4 Å². The molecule has 104 valence electrons. The van der Waals surface area contributed by atoms with Gasteiger partial charge in [-0.15, -0.1) is 0 Å². The number of hydrogen-bond donors (Lipinski definition) is 1. The van der Waals surface area contributed by atoms with Crippen molar-refractivity contribution in [2.24, 2.45) is 0 Å². The van der Waals surface area contributed by atoms with E-state index in [9.17, 15) is 9.90 Å². The Morgan fingerprint density at radius 3 is 2.90 bits per heavy atom. The van der Waals surface area contributed by atoms with Crippen molar-refractivity contribution in [1.82, 2.24) is 9.55 Å². The van der Waals surface area contributed by atoms with E-state index in [-0.39, 0.29) is 0 Å². The number of aliphatic carboxylic acids is 1. The first-order valence-electron chi connectivity index (χ1n) is 6.65. The number of halogens is 1. The maximum absolute atomic E-state index is 11.5. The van der Waals surface area contributed by atoms with E-state index in [0.29, 0.717) is 6.42 Å². The molecule has 0 bridgehead atoms. The summed E-state index contributed by atoms with van der Waals surface area (Å²) in [6.45, 7) is 2.02. The van der Waals surface area contributed by atoms with Gasteiger partial charge in [0.1, 0.15) is 16.5 Å². The quantitative estimate of drug-likeness (QED) is 0.913. The summed E-state index contributed by atoms with van der Waals surface area (Å²) in [5, 5.41) is 9.47. The lowest BCUT2D eigenvalue weighted by molar-refractivity contribution is -0.141. The minimum absolute atomic E-state index is 0.521. The topological polar surface area (TPSA) is 55.1 Å². The second kappa shape index (κ2) is 5.05. The van der Waals surface area contributed by atoms with Gasteiger partial charge in [0.2, 0.25) is 0 Å². The minimum atomic E-state index is -0.786. The van der Waals surface area contributed by atoms with Gasteiger partial charge in [0.25, 0.3) is 0 Å². The van der Waals surface area contributed by atoms with Gasteiger partial charge in [0, 0.05) is 5.56 Å². The van der Waals surface area contributed by atoms with Crippen LogP contribution < -0.4 is 0 Å². The van der Waals surface area contributed by atoms with E-state index in [1.165, 1.54) is 0 Å². The monoisotopic (exact) mass is 334 g/mol. The number of imidazole rings is 1. The zero-order valence-corrected chi connectivity index (χ0v) is 12.7. The fourth-order valence-corrected chi connectivity index (χ4v) is 3.39. The summed E-state index contributed by atoms with van der Waals surface area (Å²) in [7, 11) is 0. The normalized spacial score (nSPS) is 17.8. The van der Waals surface area contributed by atoms with E-state index in [0.717, 1.165) is 40.1 Å². The van der Waals surface area contributed by atoms with E-state index < -0.39 is 12.0 Å². The molecule has 2 heterocycles. The molecule has 0 fully saturated rings. The van der Waals surface area contributed by atoms with E-state index in [4.69, 9.17) is 0 Å². The number of aromatic nitrogens is 2. The molecule has 5 heteroatoms. The number of carboxylic acids is 1. The number of carboxylic acid groups (broad SMARTS) is 1. The molecule has 0 aliphatic carbocycles. The number of fused-ring (bicyclic) bond motifs is 1. The number of aryl methyl sites for hydroxylation is 1. The largest absolute Gasteiger partial charge is 0.480 e. The summed E-state index contributed by atoms with van der Waals surface area (Å²) in [5.41, 5.74) is 3.08. The summed E-state index contributed by atoms with van der Waals surface area (Å²) in [6, 6.07) is 7.42. The van der Waals surface area contributed by atoms with E-state index in [2.05, 4.69) is 20.9 Å². The molecule has 1 aromatic heterocycles. The Morgan fingerprint density at radius 2 is 2.20 bits per heavy atom. The average Bonchev–Trinajstić information content (AvgIpc) is 2.77. The molecule has 0 saturated carbocycles. The fraction of sp³-hybridized carbons (Fsp3) is 0.333. The first kappa shape index (κ1) is 13.4. The smallest absolute Gasteiger partial charge is 0.326 e. The van der Waals surface area contributed by atoms with Gasteiger partial charge >= 0.3 is 5.97 Å². The Kier molecular flexibility index (Phi) is 3.38. The minimum Gasteiger partial charge on any atom is -0.480 e. The lowest BCUT2D eigenvalue weighted by Crippen LogP contribution is -2.25. The van der Waals surface area contributed by atoms with Crippen LogP contribution in [0.3, 0.4) is 0 Å². The Hall–Kier alpha value is -1.62.